The molecule has 0 saturated heterocycles. The molecule has 8 nitrogen and oxygen atoms in total. The number of halogens is 1. The molecular formula is C27H23FN4O4S. The van der Waals surface area contributed by atoms with E-state index in [-0.39, 0.29) is 28.5 Å². The molecule has 1 aliphatic carbocycles. The van der Waals surface area contributed by atoms with Crippen molar-refractivity contribution in [1.82, 2.24) is 14.9 Å². The molecule has 10 heteroatoms. The highest BCUT2D eigenvalue weighted by Crippen LogP contribution is 2.27. The highest BCUT2D eigenvalue weighted by atomic mass is 32.2. The highest BCUT2D eigenvalue weighted by Gasteiger charge is 2.20. The Kier molecular flexibility index (Phi) is 7.00. The minimum atomic E-state index is -0.502. The number of hydrogen-bond acceptors (Lipinski definition) is 6. The lowest BCUT2D eigenvalue weighted by Gasteiger charge is -2.15. The number of nitro groups is 1. The Morgan fingerprint density at radius 1 is 1.11 bits per heavy atom. The molecule has 0 aliphatic heterocycles. The van der Waals surface area contributed by atoms with Crippen molar-refractivity contribution in [2.75, 3.05) is 0 Å². The fourth-order valence-corrected chi connectivity index (χ4v) is 5.45. The number of hydrogen-bond donors (Lipinski definition) is 1. The highest BCUT2D eigenvalue weighted by molar-refractivity contribution is 7.98. The Hall–Kier alpha value is -4.05. The van der Waals surface area contributed by atoms with Crippen molar-refractivity contribution in [1.29, 1.82) is 0 Å². The Morgan fingerprint density at radius 3 is 2.65 bits per heavy atom. The molecule has 1 N–H and O–H groups in total. The van der Waals surface area contributed by atoms with Crippen LogP contribution in [0.3, 0.4) is 0 Å². The number of nitrogens with zero attached hydrogens (tertiary/aromatic N) is 3. The molecular weight excluding hydrogens is 495 g/mol. The van der Waals surface area contributed by atoms with Gasteiger partial charge in [-0.3, -0.25) is 24.3 Å². The van der Waals surface area contributed by atoms with Crippen molar-refractivity contribution in [3.63, 3.8) is 0 Å². The quantitative estimate of drug-likeness (QED) is 0.152. The van der Waals surface area contributed by atoms with E-state index in [2.05, 4.69) is 10.3 Å². The van der Waals surface area contributed by atoms with Gasteiger partial charge in [0.2, 0.25) is 0 Å². The second-order valence-electron chi connectivity index (χ2n) is 8.92. The Balaban J connectivity index is 1.55. The van der Waals surface area contributed by atoms with Gasteiger partial charge in [-0.05, 0) is 54.8 Å². The van der Waals surface area contributed by atoms with Crippen molar-refractivity contribution < 1.29 is 14.1 Å². The van der Waals surface area contributed by atoms with E-state index in [1.807, 2.05) is 0 Å². The molecule has 0 bridgehead atoms. The molecule has 1 aromatic heterocycles. The summed E-state index contributed by atoms with van der Waals surface area (Å²) in [4.78, 5) is 41.8. The van der Waals surface area contributed by atoms with Gasteiger partial charge in [0, 0.05) is 29.5 Å². The minimum Gasteiger partial charge on any atom is -0.349 e. The number of benzene rings is 3. The number of thioether (sulfide) groups is 1. The van der Waals surface area contributed by atoms with Gasteiger partial charge in [-0.1, -0.05) is 42.8 Å². The number of rotatable bonds is 7. The first-order valence-corrected chi connectivity index (χ1v) is 12.9. The normalized spacial score (nSPS) is 13.6. The summed E-state index contributed by atoms with van der Waals surface area (Å²) < 4.78 is 15.4. The van der Waals surface area contributed by atoms with Crippen LogP contribution in [0.15, 0.2) is 76.7 Å². The zero-order valence-electron chi connectivity index (χ0n) is 19.7. The molecule has 1 saturated carbocycles. The topological polar surface area (TPSA) is 107 Å². The Bertz CT molecular complexity index is 1570. The first-order valence-electron chi connectivity index (χ1n) is 11.9. The molecule has 0 spiro atoms. The van der Waals surface area contributed by atoms with Gasteiger partial charge >= 0.3 is 0 Å². The standard InChI is InChI=1S/C27H23FN4O4S/c28-19-6-4-9-21(15-19)31-26(34)23-12-11-18(25(33)29-20-7-1-2-8-20)14-24(23)30-27(31)37-16-17-5-3-10-22(13-17)32(35)36/h3-6,9-15,20H,1-2,7-8,16H2,(H,29,33). The monoisotopic (exact) mass is 518 g/mol. The third-order valence-electron chi connectivity index (χ3n) is 6.35. The minimum absolute atomic E-state index is 0.0370. The number of aromatic nitrogens is 2. The fourth-order valence-electron chi connectivity index (χ4n) is 4.49. The van der Waals surface area contributed by atoms with Crippen LogP contribution in [0, 0.1) is 15.9 Å². The van der Waals surface area contributed by atoms with Crippen molar-refractivity contribution in [3.8, 4) is 5.69 Å². The molecule has 1 fully saturated rings. The lowest BCUT2D eigenvalue weighted by molar-refractivity contribution is -0.384. The summed E-state index contributed by atoms with van der Waals surface area (Å²) in [6.45, 7) is 0. The number of carbonyl (C=O) groups excluding carboxylic acids is 1. The predicted octanol–water partition coefficient (Wildman–Crippen LogP) is 5.40. The number of carbonyl (C=O) groups is 1. The largest absolute Gasteiger partial charge is 0.349 e. The van der Waals surface area contributed by atoms with E-state index in [0.717, 1.165) is 25.7 Å². The van der Waals surface area contributed by atoms with Crippen molar-refractivity contribution in [2.24, 2.45) is 0 Å². The molecule has 5 rings (SSSR count). The van der Waals surface area contributed by atoms with Crippen LogP contribution < -0.4 is 10.9 Å². The molecule has 1 heterocycles. The van der Waals surface area contributed by atoms with Gasteiger partial charge in [-0.2, -0.15) is 0 Å². The van der Waals surface area contributed by atoms with Crippen LogP contribution in [0.5, 0.6) is 0 Å². The molecule has 0 atom stereocenters. The molecule has 188 valence electrons. The van der Waals surface area contributed by atoms with Gasteiger partial charge in [-0.15, -0.1) is 0 Å². The SMILES string of the molecule is O=C(NC1CCCC1)c1ccc2c(=O)n(-c3cccc(F)c3)c(SCc3cccc([N+](=O)[O-])c3)nc2c1. The molecule has 0 radical (unpaired) electrons. The first-order chi connectivity index (χ1) is 17.9. The van der Waals surface area contributed by atoms with Crippen LogP contribution in [-0.2, 0) is 5.75 Å². The lowest BCUT2D eigenvalue weighted by atomic mass is 10.1. The molecule has 1 aliphatic rings. The molecule has 4 aromatic rings. The van der Waals surface area contributed by atoms with Crippen LogP contribution in [0.1, 0.15) is 41.6 Å². The predicted molar refractivity (Wildman–Crippen MR) is 140 cm³/mol. The van der Waals surface area contributed by atoms with Crippen molar-refractivity contribution >= 4 is 34.3 Å². The van der Waals surface area contributed by atoms with Gasteiger partial charge < -0.3 is 5.32 Å². The third-order valence-corrected chi connectivity index (χ3v) is 7.36. The summed E-state index contributed by atoms with van der Waals surface area (Å²) in [6.07, 6.45) is 4.09. The number of fused-ring (bicyclic) bond motifs is 1. The van der Waals surface area contributed by atoms with E-state index in [4.69, 9.17) is 0 Å². The van der Waals surface area contributed by atoms with E-state index in [1.54, 1.807) is 36.4 Å². The van der Waals surface area contributed by atoms with Gasteiger partial charge in [0.1, 0.15) is 5.82 Å². The maximum Gasteiger partial charge on any atom is 0.269 e. The molecule has 1 amide bonds. The van der Waals surface area contributed by atoms with Crippen molar-refractivity contribution in [3.05, 3.63) is 104 Å². The van der Waals surface area contributed by atoms with E-state index in [1.165, 1.54) is 46.7 Å². The number of non-ortho nitro benzene ring substituents is 1. The summed E-state index contributed by atoms with van der Waals surface area (Å²) in [7, 11) is 0. The summed E-state index contributed by atoms with van der Waals surface area (Å²) in [5.74, 6) is -0.426. The lowest BCUT2D eigenvalue weighted by Crippen LogP contribution is -2.32. The van der Waals surface area contributed by atoms with E-state index in [9.17, 15) is 24.1 Å². The van der Waals surface area contributed by atoms with Gasteiger partial charge in [-0.25, -0.2) is 9.37 Å². The Morgan fingerprint density at radius 2 is 1.89 bits per heavy atom. The second kappa shape index (κ2) is 10.5. The number of amides is 1. The summed E-state index contributed by atoms with van der Waals surface area (Å²) in [5, 5.41) is 14.8. The van der Waals surface area contributed by atoms with Gasteiger partial charge in [0.05, 0.1) is 21.5 Å². The fraction of sp³-hybridized carbons (Fsp3) is 0.222. The van der Waals surface area contributed by atoms with Crippen LogP contribution in [0.25, 0.3) is 16.6 Å². The van der Waals surface area contributed by atoms with E-state index in [0.29, 0.717) is 27.7 Å². The summed E-state index contributed by atoms with van der Waals surface area (Å²) in [5.41, 5.74) is 1.29. The summed E-state index contributed by atoms with van der Waals surface area (Å²) >= 11 is 1.20. The summed E-state index contributed by atoms with van der Waals surface area (Å²) in [6, 6.07) is 16.8. The van der Waals surface area contributed by atoms with E-state index >= 15 is 0 Å². The number of nitro benzene ring substituents is 1. The number of nitrogens with one attached hydrogen (secondary N) is 1. The van der Waals surface area contributed by atoms with E-state index < -0.39 is 16.3 Å². The maximum atomic E-state index is 14.1. The van der Waals surface area contributed by atoms with Gasteiger partial charge in [0.25, 0.3) is 17.2 Å². The Labute approximate surface area is 215 Å². The van der Waals surface area contributed by atoms with Gasteiger partial charge in [0.15, 0.2) is 5.16 Å². The maximum absolute atomic E-state index is 14.1. The zero-order valence-corrected chi connectivity index (χ0v) is 20.5. The van der Waals surface area contributed by atoms with Crippen LogP contribution >= 0.6 is 11.8 Å². The van der Waals surface area contributed by atoms with Crippen LogP contribution in [0.2, 0.25) is 0 Å². The molecule has 3 aromatic carbocycles. The average Bonchev–Trinajstić information content (AvgIpc) is 3.40. The molecule has 0 unspecified atom stereocenters. The first kappa shape index (κ1) is 24.6. The van der Waals surface area contributed by atoms with Crippen LogP contribution in [-0.4, -0.2) is 26.4 Å². The van der Waals surface area contributed by atoms with Crippen LogP contribution in [0.4, 0.5) is 10.1 Å². The average molecular weight is 519 g/mol. The second-order valence-corrected chi connectivity index (χ2v) is 9.86. The smallest absolute Gasteiger partial charge is 0.269 e. The zero-order chi connectivity index (χ0) is 25.9. The van der Waals surface area contributed by atoms with Crippen molar-refractivity contribution in [2.45, 2.75) is 42.6 Å². The molecule has 37 heavy (non-hydrogen) atoms. The third kappa shape index (κ3) is 5.39.